The summed E-state index contributed by atoms with van der Waals surface area (Å²) in [7, 11) is 0. The normalized spacial score (nSPS) is 18.5. The van der Waals surface area contributed by atoms with Crippen molar-refractivity contribution in [3.8, 4) is 0 Å². The van der Waals surface area contributed by atoms with Gasteiger partial charge in [0.15, 0.2) is 0 Å². The van der Waals surface area contributed by atoms with E-state index in [0.29, 0.717) is 0 Å². The van der Waals surface area contributed by atoms with Gasteiger partial charge in [-0.25, -0.2) is 24.1 Å². The summed E-state index contributed by atoms with van der Waals surface area (Å²) in [5, 5.41) is 10.7. The fourth-order valence-electron chi connectivity index (χ4n) is 3.31. The maximum absolute atomic E-state index is 13.2. The first-order valence-electron chi connectivity index (χ1n) is 12.2. The summed E-state index contributed by atoms with van der Waals surface area (Å²) in [5.41, 5.74) is -3.44. The van der Waals surface area contributed by atoms with Crippen LogP contribution in [0.5, 0.6) is 0 Å². The van der Waals surface area contributed by atoms with Crippen molar-refractivity contribution in [2.45, 2.75) is 124 Å². The number of esters is 1. The van der Waals surface area contributed by atoms with Crippen LogP contribution >= 0.6 is 0 Å². The van der Waals surface area contributed by atoms with Crippen LogP contribution in [0.15, 0.2) is 0 Å². The van der Waals surface area contributed by atoms with E-state index < -0.39 is 64.7 Å². The monoisotopic (exact) mass is 528 g/mol. The van der Waals surface area contributed by atoms with Gasteiger partial charge < -0.3 is 18.9 Å². The second kappa shape index (κ2) is 11.1. The molecule has 0 spiro atoms. The van der Waals surface area contributed by atoms with E-state index in [4.69, 9.17) is 24.4 Å². The number of amides is 3. The smallest absolute Gasteiger partial charge is 0.417 e. The topological polar surface area (TPSA) is 148 Å². The van der Waals surface area contributed by atoms with Crippen LogP contribution in [0.4, 0.5) is 14.4 Å². The number of nitrogens with zero attached hydrogens (tertiary/aromatic N) is 2. The number of likely N-dealkylation sites (tertiary alicyclic amines) is 1. The molecule has 12 nitrogen and oxygen atoms in total. The van der Waals surface area contributed by atoms with Gasteiger partial charge in [-0.1, -0.05) is 0 Å². The fraction of sp³-hybridized carbons (Fsp3) is 0.800. The number of nitrogens with one attached hydrogen (secondary N) is 2. The molecule has 12 heteroatoms. The van der Waals surface area contributed by atoms with Crippen molar-refractivity contribution in [1.29, 1.82) is 5.41 Å². The second-order valence-corrected chi connectivity index (χ2v) is 12.9. The zero-order valence-corrected chi connectivity index (χ0v) is 24.2. The highest BCUT2D eigenvalue weighted by Crippen LogP contribution is 2.28. The van der Waals surface area contributed by atoms with Crippen molar-refractivity contribution in [2.75, 3.05) is 6.54 Å². The predicted molar refractivity (Wildman–Crippen MR) is 136 cm³/mol. The largest absolute Gasteiger partial charge is 0.458 e. The van der Waals surface area contributed by atoms with Crippen LogP contribution in [0.2, 0.25) is 0 Å². The standard InChI is InChI=1S/C25H44N4O8/c1-22(2,3)34-17(30)16-13-15(14-28(16)20(32)36-24(7,8)9)29(21(33)37-25(10,11)12)18(26)27-19(31)35-23(4,5)6/h15-16H,13-14H2,1-12H3,(H2,26,27,31)/t15-,16-/m0/s1. The van der Waals surface area contributed by atoms with Crippen LogP contribution in [-0.4, -0.2) is 81.0 Å². The average molecular weight is 529 g/mol. The van der Waals surface area contributed by atoms with Crippen molar-refractivity contribution in [1.82, 2.24) is 15.1 Å². The third-order valence-electron chi connectivity index (χ3n) is 4.40. The molecule has 1 saturated heterocycles. The van der Waals surface area contributed by atoms with Crippen molar-refractivity contribution < 1.29 is 38.1 Å². The average Bonchev–Trinajstić information content (AvgIpc) is 3.00. The molecule has 0 aromatic carbocycles. The minimum absolute atomic E-state index is 0.0776. The Labute approximate surface area is 219 Å². The maximum atomic E-state index is 13.2. The predicted octanol–water partition coefficient (Wildman–Crippen LogP) is 4.40. The zero-order chi connectivity index (χ0) is 29.1. The van der Waals surface area contributed by atoms with Crippen molar-refractivity contribution >= 4 is 30.2 Å². The lowest BCUT2D eigenvalue weighted by Crippen LogP contribution is -2.54. The molecule has 1 aliphatic heterocycles. The molecule has 212 valence electrons. The molecule has 1 rings (SSSR count). The summed E-state index contributed by atoms with van der Waals surface area (Å²) in [6.07, 6.45) is -2.74. The third kappa shape index (κ3) is 11.3. The van der Waals surface area contributed by atoms with Gasteiger partial charge in [-0.3, -0.25) is 15.6 Å². The van der Waals surface area contributed by atoms with Crippen molar-refractivity contribution in [2.24, 2.45) is 0 Å². The first-order chi connectivity index (χ1) is 16.4. The highest BCUT2D eigenvalue weighted by Gasteiger charge is 2.48. The quantitative estimate of drug-likeness (QED) is 0.232. The van der Waals surface area contributed by atoms with E-state index in [1.54, 1.807) is 83.1 Å². The zero-order valence-electron chi connectivity index (χ0n) is 24.2. The number of rotatable bonds is 2. The molecule has 37 heavy (non-hydrogen) atoms. The Kier molecular flexibility index (Phi) is 9.63. The van der Waals surface area contributed by atoms with E-state index in [2.05, 4.69) is 5.32 Å². The van der Waals surface area contributed by atoms with E-state index >= 15 is 0 Å². The van der Waals surface area contributed by atoms with Gasteiger partial charge in [0, 0.05) is 13.0 Å². The number of alkyl carbamates (subject to hydrolysis) is 1. The highest BCUT2D eigenvalue weighted by atomic mass is 16.6. The van der Waals surface area contributed by atoms with Gasteiger partial charge in [0.25, 0.3) is 0 Å². The molecule has 1 aliphatic rings. The van der Waals surface area contributed by atoms with Crippen LogP contribution in [0.25, 0.3) is 0 Å². The maximum Gasteiger partial charge on any atom is 0.417 e. The Morgan fingerprint density at radius 2 is 1.22 bits per heavy atom. The van der Waals surface area contributed by atoms with E-state index in [1.807, 2.05) is 0 Å². The van der Waals surface area contributed by atoms with Gasteiger partial charge in [0.1, 0.15) is 28.4 Å². The summed E-state index contributed by atoms with van der Waals surface area (Å²) in [5.74, 6) is -1.31. The Morgan fingerprint density at radius 1 is 0.757 bits per heavy atom. The van der Waals surface area contributed by atoms with Gasteiger partial charge in [-0.15, -0.1) is 0 Å². The molecule has 0 bridgehead atoms. The van der Waals surface area contributed by atoms with Crippen LogP contribution in [0.1, 0.15) is 89.5 Å². The van der Waals surface area contributed by atoms with Gasteiger partial charge in [-0.05, 0) is 83.1 Å². The number of guanidine groups is 1. The molecular weight excluding hydrogens is 484 g/mol. The molecule has 0 aromatic heterocycles. The number of hydrogen-bond acceptors (Lipinski definition) is 9. The molecule has 0 aliphatic carbocycles. The lowest BCUT2D eigenvalue weighted by atomic mass is 10.1. The number of carbonyl (C=O) groups is 4. The van der Waals surface area contributed by atoms with Gasteiger partial charge >= 0.3 is 24.2 Å². The molecular formula is C25H44N4O8. The number of ether oxygens (including phenoxy) is 4. The Balaban J connectivity index is 3.37. The molecule has 0 radical (unpaired) electrons. The second-order valence-electron chi connectivity index (χ2n) is 12.9. The molecule has 2 N–H and O–H groups in total. The van der Waals surface area contributed by atoms with Crippen LogP contribution < -0.4 is 5.32 Å². The first kappa shape index (κ1) is 32.0. The van der Waals surface area contributed by atoms with E-state index in [1.165, 1.54) is 4.90 Å². The fourth-order valence-corrected chi connectivity index (χ4v) is 3.31. The molecule has 1 fully saturated rings. The molecule has 0 saturated carbocycles. The SMILES string of the molecule is CC(C)(C)OC(=O)NC(=N)N(C(=O)OC(C)(C)C)[C@H]1C[C@@H](C(=O)OC(C)(C)C)N(C(=O)OC(C)(C)C)C1. The van der Waals surface area contributed by atoms with Gasteiger partial charge in [0.2, 0.25) is 5.96 Å². The highest BCUT2D eigenvalue weighted by molar-refractivity contribution is 6.00. The lowest BCUT2D eigenvalue weighted by molar-refractivity contribution is -0.160. The van der Waals surface area contributed by atoms with Gasteiger partial charge in [0.05, 0.1) is 6.04 Å². The van der Waals surface area contributed by atoms with Crippen LogP contribution in [0, 0.1) is 5.41 Å². The summed E-state index contributed by atoms with van der Waals surface area (Å²) in [6, 6.07) is -2.01. The van der Waals surface area contributed by atoms with Crippen molar-refractivity contribution in [3.63, 3.8) is 0 Å². The summed E-state index contributed by atoms with van der Waals surface area (Å²) < 4.78 is 21.7. The minimum atomic E-state index is -1.10. The first-order valence-corrected chi connectivity index (χ1v) is 12.2. The Hall–Kier alpha value is -3.05. The minimum Gasteiger partial charge on any atom is -0.458 e. The summed E-state index contributed by atoms with van der Waals surface area (Å²) >= 11 is 0. The molecule has 0 unspecified atom stereocenters. The number of hydrogen-bond donors (Lipinski definition) is 2. The van der Waals surface area contributed by atoms with Crippen LogP contribution in [-0.2, 0) is 23.7 Å². The van der Waals surface area contributed by atoms with Crippen LogP contribution in [0.3, 0.4) is 0 Å². The van der Waals surface area contributed by atoms with E-state index in [0.717, 1.165) is 4.90 Å². The number of carbonyl (C=O) groups excluding carboxylic acids is 4. The molecule has 0 aromatic rings. The van der Waals surface area contributed by atoms with Crippen molar-refractivity contribution in [3.05, 3.63) is 0 Å². The lowest BCUT2D eigenvalue weighted by Gasteiger charge is -2.32. The summed E-state index contributed by atoms with van der Waals surface area (Å²) in [6.45, 7) is 19.9. The third-order valence-corrected chi connectivity index (χ3v) is 4.40. The Bertz CT molecular complexity index is 854. The van der Waals surface area contributed by atoms with Gasteiger partial charge in [-0.2, -0.15) is 0 Å². The molecule has 1 heterocycles. The summed E-state index contributed by atoms with van der Waals surface area (Å²) in [4.78, 5) is 53.7. The Morgan fingerprint density at radius 3 is 1.65 bits per heavy atom. The molecule has 2 atom stereocenters. The van der Waals surface area contributed by atoms with E-state index in [9.17, 15) is 19.2 Å². The molecule has 3 amide bonds. The van der Waals surface area contributed by atoms with E-state index in [-0.39, 0.29) is 13.0 Å².